The zero-order valence-corrected chi connectivity index (χ0v) is 22.4. The van der Waals surface area contributed by atoms with Crippen LogP contribution in [0, 0.1) is 0 Å². The molecule has 3 rings (SSSR count). The van der Waals surface area contributed by atoms with Crippen molar-refractivity contribution in [3.05, 3.63) is 21.4 Å². The van der Waals surface area contributed by atoms with Gasteiger partial charge in [-0.3, -0.25) is 0 Å². The van der Waals surface area contributed by atoms with E-state index < -0.39 is 22.8 Å². The molecule has 1 aliphatic rings. The van der Waals surface area contributed by atoms with Gasteiger partial charge in [0.2, 0.25) is 5.88 Å². The lowest BCUT2D eigenvalue weighted by atomic mass is 10.0. The third-order valence-corrected chi connectivity index (χ3v) is 5.26. The molecule has 0 unspecified atom stereocenters. The smallest absolute Gasteiger partial charge is 0.348 e. The predicted octanol–water partition coefficient (Wildman–Crippen LogP) is 6.51. The first-order chi connectivity index (χ1) is 15.0. The van der Waals surface area contributed by atoms with Crippen molar-refractivity contribution in [3.8, 4) is 23.1 Å². The van der Waals surface area contributed by atoms with Crippen molar-refractivity contribution >= 4 is 29.2 Å². The molecule has 7 nitrogen and oxygen atoms in total. The van der Waals surface area contributed by atoms with Gasteiger partial charge in [0.1, 0.15) is 33.4 Å². The fraction of sp³-hybridized carbons (Fsp3) is 0.625. The van der Waals surface area contributed by atoms with Crippen LogP contribution < -0.4 is 9.47 Å². The van der Waals surface area contributed by atoms with Crippen LogP contribution in [0.25, 0.3) is 11.5 Å². The average Bonchev–Trinajstić information content (AvgIpc) is 2.76. The van der Waals surface area contributed by atoms with Crippen molar-refractivity contribution < 1.29 is 19.0 Å². The van der Waals surface area contributed by atoms with E-state index in [4.69, 9.17) is 42.4 Å². The van der Waals surface area contributed by atoms with Crippen molar-refractivity contribution in [2.75, 3.05) is 0 Å². The summed E-state index contributed by atoms with van der Waals surface area (Å²) in [7, 11) is 0. The molecule has 0 N–H and O–H groups in total. The Hall–Kier alpha value is -1.99. The van der Waals surface area contributed by atoms with E-state index in [-0.39, 0.29) is 16.6 Å². The molecule has 0 bridgehead atoms. The summed E-state index contributed by atoms with van der Waals surface area (Å²) in [5.74, 6) is 0.480. The van der Waals surface area contributed by atoms with Crippen molar-refractivity contribution in [3.63, 3.8) is 0 Å². The first-order valence-corrected chi connectivity index (χ1v) is 11.8. The Kier molecular flexibility index (Phi) is 6.72. The summed E-state index contributed by atoms with van der Waals surface area (Å²) in [4.78, 5) is 22.7. The van der Waals surface area contributed by atoms with Gasteiger partial charge in [-0.05, 0) is 75.2 Å². The number of carbonyl (C=O) groups is 1. The van der Waals surface area contributed by atoms with Gasteiger partial charge in [-0.15, -0.1) is 0 Å². The van der Waals surface area contributed by atoms with Crippen molar-refractivity contribution in [1.82, 2.24) is 14.5 Å². The molecule has 0 saturated carbocycles. The molecule has 0 fully saturated rings. The second kappa shape index (κ2) is 8.66. The number of pyridine rings is 1. The molecule has 1 aliphatic heterocycles. The van der Waals surface area contributed by atoms with Gasteiger partial charge in [-0.2, -0.15) is 0 Å². The van der Waals surface area contributed by atoms with Crippen molar-refractivity contribution in [1.29, 1.82) is 0 Å². The third-order valence-electron chi connectivity index (χ3n) is 4.52. The maximum absolute atomic E-state index is 13.5. The Morgan fingerprint density at radius 2 is 1.52 bits per heavy atom. The molecule has 0 aliphatic carbocycles. The highest BCUT2D eigenvalue weighted by molar-refractivity contribution is 6.40. The van der Waals surface area contributed by atoms with Gasteiger partial charge in [0.25, 0.3) is 0 Å². The van der Waals surface area contributed by atoms with E-state index in [1.54, 1.807) is 0 Å². The molecular formula is C24H33Cl2N3O4. The van der Waals surface area contributed by atoms with Gasteiger partial charge in [0, 0.05) is 12.1 Å². The summed E-state index contributed by atoms with van der Waals surface area (Å²) in [6.45, 7) is 17.5. The number of hydrogen-bond donors (Lipinski definition) is 0. The third kappa shape index (κ3) is 5.93. The SMILES string of the molecule is CC(C)(C)OC(=O)c1c(OC(C)(C)C)nc2c(c1OC(C)(C)C)CCCn1c-2nc(Cl)c1Cl. The number of aromatic nitrogens is 3. The van der Waals surface area contributed by atoms with Gasteiger partial charge in [-0.25, -0.2) is 14.8 Å². The number of esters is 1. The van der Waals surface area contributed by atoms with Gasteiger partial charge in [0.15, 0.2) is 16.5 Å². The maximum atomic E-state index is 13.5. The molecule has 182 valence electrons. The molecule has 0 radical (unpaired) electrons. The average molecular weight is 498 g/mol. The van der Waals surface area contributed by atoms with E-state index in [1.165, 1.54) is 0 Å². The number of nitrogens with zero attached hydrogens (tertiary/aromatic N) is 3. The summed E-state index contributed by atoms with van der Waals surface area (Å²) < 4.78 is 20.2. The second-order valence-electron chi connectivity index (χ2n) is 11.2. The van der Waals surface area contributed by atoms with E-state index in [0.717, 1.165) is 12.0 Å². The van der Waals surface area contributed by atoms with Crippen LogP contribution in [0.15, 0.2) is 0 Å². The van der Waals surface area contributed by atoms with E-state index in [1.807, 2.05) is 66.9 Å². The summed E-state index contributed by atoms with van der Waals surface area (Å²) >= 11 is 12.7. The fourth-order valence-corrected chi connectivity index (χ4v) is 3.88. The van der Waals surface area contributed by atoms with Crippen LogP contribution in [-0.4, -0.2) is 37.3 Å². The standard InChI is InChI=1S/C24H33Cl2N3O4/c1-22(2,3)31-16-13-11-10-12-29-18(26)17(25)28-19(29)15(13)27-20(32-23(4,5)6)14(16)21(30)33-24(7,8)9/h10-12H2,1-9H3. The highest BCUT2D eigenvalue weighted by Gasteiger charge is 2.36. The van der Waals surface area contributed by atoms with Gasteiger partial charge in [-0.1, -0.05) is 23.2 Å². The molecule has 0 amide bonds. The second-order valence-corrected chi connectivity index (χ2v) is 11.9. The van der Waals surface area contributed by atoms with Crippen molar-refractivity contribution in [2.24, 2.45) is 0 Å². The molecule has 9 heteroatoms. The molecule has 0 spiro atoms. The van der Waals surface area contributed by atoms with Gasteiger partial charge >= 0.3 is 5.97 Å². The molecular weight excluding hydrogens is 465 g/mol. The summed E-state index contributed by atoms with van der Waals surface area (Å²) in [6, 6.07) is 0. The molecule has 33 heavy (non-hydrogen) atoms. The number of carbonyl (C=O) groups excluding carboxylic acids is 1. The summed E-state index contributed by atoms with van der Waals surface area (Å²) in [5.41, 5.74) is -0.477. The first kappa shape index (κ1) is 25.6. The Balaban J connectivity index is 2.39. The van der Waals surface area contributed by atoms with Gasteiger partial charge in [0.05, 0.1) is 0 Å². The molecule has 0 atom stereocenters. The summed E-state index contributed by atoms with van der Waals surface area (Å²) in [6.07, 6.45) is 1.35. The number of ether oxygens (including phenoxy) is 3. The summed E-state index contributed by atoms with van der Waals surface area (Å²) in [5, 5.41) is 0.559. The largest absolute Gasteiger partial charge is 0.487 e. The number of hydrogen-bond acceptors (Lipinski definition) is 6. The predicted molar refractivity (Wildman–Crippen MR) is 130 cm³/mol. The van der Waals surface area contributed by atoms with Crippen LogP contribution in [0.2, 0.25) is 10.3 Å². The highest BCUT2D eigenvalue weighted by Crippen LogP contribution is 2.44. The number of fused-ring (bicyclic) bond motifs is 3. The van der Waals surface area contributed by atoms with E-state index >= 15 is 0 Å². The number of imidazole rings is 1. The fourth-order valence-electron chi connectivity index (χ4n) is 3.49. The van der Waals surface area contributed by atoms with E-state index in [2.05, 4.69) is 4.98 Å². The minimum absolute atomic E-state index is 0.124. The van der Waals surface area contributed by atoms with Crippen LogP contribution in [0.5, 0.6) is 11.6 Å². The number of rotatable bonds is 3. The van der Waals surface area contributed by atoms with Crippen LogP contribution in [0.3, 0.4) is 0 Å². The molecule has 3 heterocycles. The number of halogens is 2. The zero-order chi connectivity index (χ0) is 24.9. The molecule has 0 saturated heterocycles. The van der Waals surface area contributed by atoms with Crippen molar-refractivity contribution in [2.45, 2.75) is 98.5 Å². The lowest BCUT2D eigenvalue weighted by Gasteiger charge is -2.29. The minimum Gasteiger partial charge on any atom is -0.487 e. The van der Waals surface area contributed by atoms with Crippen LogP contribution >= 0.6 is 23.2 Å². The first-order valence-electron chi connectivity index (χ1n) is 11.1. The van der Waals surface area contributed by atoms with E-state index in [9.17, 15) is 4.79 Å². The topological polar surface area (TPSA) is 75.5 Å². The Morgan fingerprint density at radius 1 is 0.909 bits per heavy atom. The molecule has 2 aromatic heterocycles. The normalized spacial score (nSPS) is 14.3. The zero-order valence-electron chi connectivity index (χ0n) is 20.9. The molecule has 2 aromatic rings. The Labute approximate surface area is 205 Å². The minimum atomic E-state index is -0.709. The van der Waals surface area contributed by atoms with Gasteiger partial charge < -0.3 is 18.8 Å². The Morgan fingerprint density at radius 3 is 2.06 bits per heavy atom. The van der Waals surface area contributed by atoms with Crippen LogP contribution in [-0.2, 0) is 17.7 Å². The molecule has 0 aromatic carbocycles. The monoisotopic (exact) mass is 497 g/mol. The maximum Gasteiger partial charge on any atom is 0.348 e. The lowest BCUT2D eigenvalue weighted by molar-refractivity contribution is 0.00503. The highest BCUT2D eigenvalue weighted by atomic mass is 35.5. The Bertz CT molecular complexity index is 1070. The lowest BCUT2D eigenvalue weighted by Crippen LogP contribution is -2.30. The quantitative estimate of drug-likeness (QED) is 0.449. The van der Waals surface area contributed by atoms with Crippen LogP contribution in [0.1, 0.15) is 84.7 Å². The van der Waals surface area contributed by atoms with E-state index in [0.29, 0.717) is 35.4 Å². The van der Waals surface area contributed by atoms with Crippen LogP contribution in [0.4, 0.5) is 0 Å².